The fraction of sp³-hybridized carbons (Fsp3) is 0.286. The zero-order valence-corrected chi connectivity index (χ0v) is 15.1. The van der Waals surface area contributed by atoms with Crippen LogP contribution in [0, 0.1) is 0 Å². The average Bonchev–Trinajstić information content (AvgIpc) is 3.13. The minimum Gasteiger partial charge on any atom is -0.496 e. The molecular formula is C21H21NO5. The summed E-state index contributed by atoms with van der Waals surface area (Å²) in [6.07, 6.45) is 3.37. The molecule has 2 aromatic carbocycles. The highest BCUT2D eigenvalue weighted by atomic mass is 16.5. The van der Waals surface area contributed by atoms with Crippen molar-refractivity contribution in [3.8, 4) is 5.75 Å². The van der Waals surface area contributed by atoms with Gasteiger partial charge < -0.3 is 15.2 Å². The van der Waals surface area contributed by atoms with Crippen LogP contribution < -0.4 is 10.1 Å². The molecule has 6 heteroatoms. The molecule has 140 valence electrons. The van der Waals surface area contributed by atoms with Crippen molar-refractivity contribution in [2.24, 2.45) is 0 Å². The molecule has 0 unspecified atom stereocenters. The predicted molar refractivity (Wildman–Crippen MR) is 101 cm³/mol. The molecule has 0 radical (unpaired) electrons. The van der Waals surface area contributed by atoms with E-state index >= 15 is 0 Å². The first kappa shape index (κ1) is 18.6. The molecule has 0 saturated carbocycles. The fourth-order valence-corrected chi connectivity index (χ4v) is 3.29. The number of ketones is 1. The quantitative estimate of drug-likeness (QED) is 0.731. The molecule has 0 saturated heterocycles. The van der Waals surface area contributed by atoms with E-state index in [4.69, 9.17) is 9.84 Å². The summed E-state index contributed by atoms with van der Waals surface area (Å²) in [5.41, 5.74) is 3.63. The number of nitrogens with one attached hydrogen (secondary N) is 1. The third kappa shape index (κ3) is 4.34. The Kier molecular flexibility index (Phi) is 5.54. The third-order valence-corrected chi connectivity index (χ3v) is 4.72. The van der Waals surface area contributed by atoms with E-state index in [-0.39, 0.29) is 35.8 Å². The van der Waals surface area contributed by atoms with Gasteiger partial charge in [-0.2, -0.15) is 0 Å². The van der Waals surface area contributed by atoms with Crippen molar-refractivity contribution in [2.45, 2.75) is 32.1 Å². The first-order valence-corrected chi connectivity index (χ1v) is 8.84. The van der Waals surface area contributed by atoms with E-state index in [1.165, 1.54) is 36.4 Å². The first-order valence-electron chi connectivity index (χ1n) is 8.84. The number of Topliss-reactive ketones (excluding diaryl/α,β-unsaturated/α-hetero) is 1. The number of anilines is 1. The lowest BCUT2D eigenvalue weighted by Gasteiger charge is -2.09. The third-order valence-electron chi connectivity index (χ3n) is 4.72. The predicted octanol–water partition coefficient (Wildman–Crippen LogP) is 3.48. The molecule has 2 aromatic rings. The maximum absolute atomic E-state index is 12.4. The Hall–Kier alpha value is -3.15. The molecule has 1 aliphatic carbocycles. The van der Waals surface area contributed by atoms with Gasteiger partial charge in [0.25, 0.3) is 0 Å². The monoisotopic (exact) mass is 367 g/mol. The molecule has 1 amide bonds. The number of carboxylic acid groups (broad SMARTS) is 1. The van der Waals surface area contributed by atoms with Crippen LogP contribution in [0.2, 0.25) is 0 Å². The summed E-state index contributed by atoms with van der Waals surface area (Å²) in [5, 5.41) is 11.7. The Labute approximate surface area is 157 Å². The number of fused-ring (bicyclic) bond motifs is 1. The van der Waals surface area contributed by atoms with Gasteiger partial charge in [0, 0.05) is 30.2 Å². The number of carbonyl (C=O) groups is 3. The maximum Gasteiger partial charge on any atom is 0.339 e. The number of methoxy groups -OCH3 is 1. The van der Waals surface area contributed by atoms with Crippen molar-refractivity contribution in [2.75, 3.05) is 12.4 Å². The molecule has 6 nitrogen and oxygen atoms in total. The van der Waals surface area contributed by atoms with E-state index in [9.17, 15) is 14.4 Å². The Balaban J connectivity index is 1.58. The summed E-state index contributed by atoms with van der Waals surface area (Å²) >= 11 is 0. The van der Waals surface area contributed by atoms with Gasteiger partial charge in [0.05, 0.1) is 7.11 Å². The van der Waals surface area contributed by atoms with E-state index in [1.807, 2.05) is 18.2 Å². The molecule has 2 N–H and O–H groups in total. The van der Waals surface area contributed by atoms with Gasteiger partial charge in [-0.1, -0.05) is 12.1 Å². The second kappa shape index (κ2) is 8.03. The topological polar surface area (TPSA) is 92.7 Å². The molecular weight excluding hydrogens is 346 g/mol. The zero-order chi connectivity index (χ0) is 19.4. The minimum atomic E-state index is -1.11. The van der Waals surface area contributed by atoms with Crippen molar-refractivity contribution in [3.63, 3.8) is 0 Å². The van der Waals surface area contributed by atoms with Crippen molar-refractivity contribution >= 4 is 23.3 Å². The van der Waals surface area contributed by atoms with E-state index in [1.54, 1.807) is 0 Å². The summed E-state index contributed by atoms with van der Waals surface area (Å²) in [7, 11) is 1.36. The summed E-state index contributed by atoms with van der Waals surface area (Å²) < 4.78 is 5.04. The second-order valence-electron chi connectivity index (χ2n) is 6.53. The fourth-order valence-electron chi connectivity index (χ4n) is 3.29. The van der Waals surface area contributed by atoms with Gasteiger partial charge in [-0.25, -0.2) is 4.79 Å². The highest BCUT2D eigenvalue weighted by Crippen LogP contribution is 2.25. The second-order valence-corrected chi connectivity index (χ2v) is 6.53. The Morgan fingerprint density at radius 3 is 2.56 bits per heavy atom. The van der Waals surface area contributed by atoms with Gasteiger partial charge in [0.1, 0.15) is 11.3 Å². The number of hydrogen-bond donors (Lipinski definition) is 2. The van der Waals surface area contributed by atoms with Gasteiger partial charge in [0.15, 0.2) is 5.78 Å². The van der Waals surface area contributed by atoms with Crippen molar-refractivity contribution < 1.29 is 24.2 Å². The summed E-state index contributed by atoms with van der Waals surface area (Å²) in [6, 6.07) is 10.1. The molecule has 0 aromatic heterocycles. The Morgan fingerprint density at radius 1 is 1.04 bits per heavy atom. The Bertz CT molecular complexity index is 903. The molecule has 1 aliphatic rings. The number of aryl methyl sites for hydroxylation is 2. The number of carboxylic acids is 1. The smallest absolute Gasteiger partial charge is 0.339 e. The van der Waals surface area contributed by atoms with Crippen LogP contribution >= 0.6 is 0 Å². The SMILES string of the molecule is COc1cc(NC(=O)CCC(=O)c2ccc3c(c2)CCC3)ccc1C(=O)O. The van der Waals surface area contributed by atoms with Crippen LogP contribution in [0.5, 0.6) is 5.75 Å². The van der Waals surface area contributed by atoms with Crippen LogP contribution in [-0.4, -0.2) is 29.9 Å². The number of amides is 1. The van der Waals surface area contributed by atoms with Crippen molar-refractivity contribution in [3.05, 3.63) is 58.7 Å². The zero-order valence-electron chi connectivity index (χ0n) is 15.1. The first-order chi connectivity index (χ1) is 13.0. The van der Waals surface area contributed by atoms with Gasteiger partial charge in [-0.3, -0.25) is 9.59 Å². The van der Waals surface area contributed by atoms with Crippen molar-refractivity contribution in [1.82, 2.24) is 0 Å². The number of hydrogen-bond acceptors (Lipinski definition) is 4. The molecule has 27 heavy (non-hydrogen) atoms. The van der Waals surface area contributed by atoms with E-state index in [0.29, 0.717) is 11.3 Å². The number of ether oxygens (including phenoxy) is 1. The minimum absolute atomic E-state index is 0.0160. The summed E-state index contributed by atoms with van der Waals surface area (Å²) in [5.74, 6) is -1.31. The number of aromatic carboxylic acids is 1. The molecule has 0 bridgehead atoms. The van der Waals surface area contributed by atoms with Gasteiger partial charge in [0.2, 0.25) is 5.91 Å². The highest BCUT2D eigenvalue weighted by molar-refractivity contribution is 6.00. The lowest BCUT2D eigenvalue weighted by molar-refractivity contribution is -0.116. The molecule has 0 atom stereocenters. The maximum atomic E-state index is 12.4. The molecule has 0 spiro atoms. The van der Waals surface area contributed by atoms with Crippen molar-refractivity contribution in [1.29, 1.82) is 0 Å². The molecule has 0 fully saturated rings. The molecule has 0 aliphatic heterocycles. The summed E-state index contributed by atoms with van der Waals surface area (Å²) in [4.78, 5) is 35.6. The van der Waals surface area contributed by atoms with Crippen LogP contribution in [0.1, 0.15) is 51.1 Å². The molecule has 3 rings (SSSR count). The van der Waals surface area contributed by atoms with E-state index < -0.39 is 5.97 Å². The average molecular weight is 367 g/mol. The van der Waals surface area contributed by atoms with E-state index in [2.05, 4.69) is 5.32 Å². The Morgan fingerprint density at radius 2 is 1.81 bits per heavy atom. The van der Waals surface area contributed by atoms with E-state index in [0.717, 1.165) is 19.3 Å². The van der Waals surface area contributed by atoms with Crippen LogP contribution in [0.25, 0.3) is 0 Å². The largest absolute Gasteiger partial charge is 0.496 e. The lowest BCUT2D eigenvalue weighted by Crippen LogP contribution is -2.14. The van der Waals surface area contributed by atoms with Crippen LogP contribution in [0.3, 0.4) is 0 Å². The van der Waals surface area contributed by atoms with Gasteiger partial charge in [-0.05, 0) is 48.6 Å². The number of rotatable bonds is 7. The molecule has 0 heterocycles. The van der Waals surface area contributed by atoms with Gasteiger partial charge in [-0.15, -0.1) is 0 Å². The summed E-state index contributed by atoms with van der Waals surface area (Å²) in [6.45, 7) is 0. The number of carbonyl (C=O) groups excluding carboxylic acids is 2. The normalized spacial score (nSPS) is 12.3. The van der Waals surface area contributed by atoms with Gasteiger partial charge >= 0.3 is 5.97 Å². The highest BCUT2D eigenvalue weighted by Gasteiger charge is 2.16. The standard InChI is InChI=1S/C21H21NO5/c1-27-19-12-16(7-8-17(19)21(25)26)22-20(24)10-9-18(23)15-6-5-13-3-2-4-14(13)11-15/h5-8,11-12H,2-4,9-10H2,1H3,(H,22,24)(H,25,26). The van der Waals surface area contributed by atoms with Crippen LogP contribution in [-0.2, 0) is 17.6 Å². The van der Waals surface area contributed by atoms with Crippen LogP contribution in [0.4, 0.5) is 5.69 Å². The lowest BCUT2D eigenvalue weighted by atomic mass is 10.0. The number of benzene rings is 2. The van der Waals surface area contributed by atoms with Crippen LogP contribution in [0.15, 0.2) is 36.4 Å².